The van der Waals surface area contributed by atoms with Crippen LogP contribution in [0.4, 0.5) is 0 Å². The number of guanidine groups is 1. The van der Waals surface area contributed by atoms with E-state index < -0.39 is 0 Å². The van der Waals surface area contributed by atoms with Crippen molar-refractivity contribution < 1.29 is 0 Å². The number of aromatic nitrogens is 2. The zero-order valence-electron chi connectivity index (χ0n) is 15.7. The van der Waals surface area contributed by atoms with E-state index in [1.54, 1.807) is 11.8 Å². The number of rotatable bonds is 7. The van der Waals surface area contributed by atoms with Crippen molar-refractivity contribution in [2.75, 3.05) is 18.8 Å². The number of nitrogens with zero attached hydrogens (tertiary/aromatic N) is 3. The second-order valence-electron chi connectivity index (χ2n) is 5.70. The molecule has 0 saturated heterocycles. The summed E-state index contributed by atoms with van der Waals surface area (Å²) < 4.78 is 1.91. The highest BCUT2D eigenvalue weighted by atomic mass is 127. The molecule has 0 unspecified atom stereocenters. The highest BCUT2D eigenvalue weighted by Gasteiger charge is 2.08. The lowest BCUT2D eigenvalue weighted by Gasteiger charge is -2.11. The van der Waals surface area contributed by atoms with Gasteiger partial charge in [-0.25, -0.2) is 4.99 Å². The average molecular weight is 508 g/mol. The first-order valence-corrected chi connectivity index (χ1v) is 9.77. The Morgan fingerprint density at radius 3 is 2.50 bits per heavy atom. The molecule has 5 nitrogen and oxygen atoms in total. The molecule has 0 aliphatic heterocycles. The van der Waals surface area contributed by atoms with Gasteiger partial charge in [0, 0.05) is 47.1 Å². The van der Waals surface area contributed by atoms with Gasteiger partial charge in [-0.1, -0.05) is 11.6 Å². The van der Waals surface area contributed by atoms with Crippen molar-refractivity contribution in [1.29, 1.82) is 0 Å². The zero-order valence-corrected chi connectivity index (χ0v) is 19.6. The van der Waals surface area contributed by atoms with E-state index in [1.807, 2.05) is 42.9 Å². The first-order chi connectivity index (χ1) is 12.0. The molecule has 0 aliphatic rings. The molecule has 0 bridgehead atoms. The fourth-order valence-electron chi connectivity index (χ4n) is 2.42. The Kier molecular flexibility index (Phi) is 10.4. The monoisotopic (exact) mass is 507 g/mol. The van der Waals surface area contributed by atoms with Crippen LogP contribution in [0.3, 0.4) is 0 Å². The normalized spacial score (nSPS) is 11.2. The topological polar surface area (TPSA) is 54.2 Å². The lowest BCUT2D eigenvalue weighted by Crippen LogP contribution is -2.38. The molecule has 0 aliphatic carbocycles. The van der Waals surface area contributed by atoms with E-state index in [4.69, 9.17) is 11.6 Å². The fourth-order valence-corrected chi connectivity index (χ4v) is 3.31. The predicted molar refractivity (Wildman–Crippen MR) is 123 cm³/mol. The molecule has 8 heteroatoms. The third-order valence-corrected chi connectivity index (χ3v) is 5.14. The summed E-state index contributed by atoms with van der Waals surface area (Å²) >= 11 is 7.70. The quantitative estimate of drug-likeness (QED) is 0.194. The Morgan fingerprint density at radius 1 is 1.23 bits per heavy atom. The smallest absolute Gasteiger partial charge is 0.191 e. The summed E-state index contributed by atoms with van der Waals surface area (Å²) in [6.07, 6.45) is 0. The van der Waals surface area contributed by atoms with Crippen molar-refractivity contribution >= 4 is 53.3 Å². The van der Waals surface area contributed by atoms with E-state index >= 15 is 0 Å². The van der Waals surface area contributed by atoms with E-state index in [1.165, 1.54) is 10.5 Å². The van der Waals surface area contributed by atoms with Crippen LogP contribution < -0.4 is 10.6 Å². The minimum absolute atomic E-state index is 0. The molecule has 0 spiro atoms. The fraction of sp³-hybridized carbons (Fsp3) is 0.444. The SMILES string of the molecule is CCNC(=NCc1c(C)nn(C)c1C)NCCSc1ccc(Cl)cc1.I. The number of nitrogens with one attached hydrogen (secondary N) is 2. The Balaban J connectivity index is 0.00000338. The molecule has 1 aromatic heterocycles. The largest absolute Gasteiger partial charge is 0.357 e. The first kappa shape index (κ1) is 23.1. The summed E-state index contributed by atoms with van der Waals surface area (Å²) in [5.41, 5.74) is 3.39. The molecule has 1 aromatic carbocycles. The van der Waals surface area contributed by atoms with Crippen LogP contribution >= 0.6 is 47.3 Å². The number of benzene rings is 1. The van der Waals surface area contributed by atoms with Crippen LogP contribution in [0.25, 0.3) is 0 Å². The lowest BCUT2D eigenvalue weighted by molar-refractivity contribution is 0.730. The Bertz CT molecular complexity index is 715. The molecule has 0 radical (unpaired) electrons. The van der Waals surface area contributed by atoms with Crippen LogP contribution in [0.5, 0.6) is 0 Å². The third-order valence-electron chi connectivity index (χ3n) is 3.88. The number of hydrogen-bond acceptors (Lipinski definition) is 3. The number of aryl methyl sites for hydroxylation is 2. The van der Waals surface area contributed by atoms with Crippen molar-refractivity contribution in [3.8, 4) is 0 Å². The molecule has 0 saturated carbocycles. The number of hydrogen-bond donors (Lipinski definition) is 2. The first-order valence-electron chi connectivity index (χ1n) is 8.41. The Morgan fingerprint density at radius 2 is 1.92 bits per heavy atom. The van der Waals surface area contributed by atoms with Gasteiger partial charge in [0.2, 0.25) is 0 Å². The maximum Gasteiger partial charge on any atom is 0.191 e. The van der Waals surface area contributed by atoms with E-state index in [2.05, 4.69) is 34.6 Å². The van der Waals surface area contributed by atoms with Crippen molar-refractivity contribution in [2.45, 2.75) is 32.2 Å². The van der Waals surface area contributed by atoms with Crippen LogP contribution in [0.1, 0.15) is 23.9 Å². The average Bonchev–Trinajstić information content (AvgIpc) is 2.83. The van der Waals surface area contributed by atoms with Crippen LogP contribution in [0.15, 0.2) is 34.2 Å². The van der Waals surface area contributed by atoms with Gasteiger partial charge in [-0.05, 0) is 45.0 Å². The van der Waals surface area contributed by atoms with Gasteiger partial charge in [0.25, 0.3) is 0 Å². The van der Waals surface area contributed by atoms with Crippen molar-refractivity contribution in [1.82, 2.24) is 20.4 Å². The molecule has 26 heavy (non-hydrogen) atoms. The van der Waals surface area contributed by atoms with E-state index in [0.29, 0.717) is 6.54 Å². The second-order valence-corrected chi connectivity index (χ2v) is 7.30. The Labute approximate surface area is 182 Å². The summed E-state index contributed by atoms with van der Waals surface area (Å²) in [6, 6.07) is 7.92. The van der Waals surface area contributed by atoms with Gasteiger partial charge < -0.3 is 10.6 Å². The predicted octanol–water partition coefficient (Wildman–Crippen LogP) is 4.16. The van der Waals surface area contributed by atoms with Gasteiger partial charge in [0.05, 0.1) is 12.2 Å². The highest BCUT2D eigenvalue weighted by molar-refractivity contribution is 14.0. The zero-order chi connectivity index (χ0) is 18.2. The molecule has 2 N–H and O–H groups in total. The summed E-state index contributed by atoms with van der Waals surface area (Å²) in [5.74, 6) is 1.79. The number of thioether (sulfide) groups is 1. The molecule has 144 valence electrons. The molecule has 2 aromatic rings. The van der Waals surface area contributed by atoms with Gasteiger partial charge in [0.1, 0.15) is 0 Å². The summed E-state index contributed by atoms with van der Waals surface area (Å²) in [7, 11) is 1.97. The summed E-state index contributed by atoms with van der Waals surface area (Å²) in [4.78, 5) is 5.91. The molecule has 0 atom stereocenters. The Hall–Kier alpha value is -0.930. The molecule has 0 fully saturated rings. The van der Waals surface area contributed by atoms with Crippen molar-refractivity contribution in [2.24, 2.45) is 12.0 Å². The van der Waals surface area contributed by atoms with Gasteiger partial charge in [-0.15, -0.1) is 35.7 Å². The third kappa shape index (κ3) is 7.00. The van der Waals surface area contributed by atoms with Crippen molar-refractivity contribution in [3.63, 3.8) is 0 Å². The minimum Gasteiger partial charge on any atom is -0.357 e. The lowest BCUT2D eigenvalue weighted by atomic mass is 10.2. The van der Waals surface area contributed by atoms with Gasteiger partial charge in [-0.3, -0.25) is 4.68 Å². The maximum atomic E-state index is 5.91. The molecule has 2 rings (SSSR count). The van der Waals surface area contributed by atoms with Crippen LogP contribution in [-0.4, -0.2) is 34.6 Å². The maximum absolute atomic E-state index is 5.91. The van der Waals surface area contributed by atoms with E-state index in [0.717, 1.165) is 41.2 Å². The van der Waals surface area contributed by atoms with E-state index in [9.17, 15) is 0 Å². The van der Waals surface area contributed by atoms with Crippen molar-refractivity contribution in [3.05, 3.63) is 46.2 Å². The summed E-state index contributed by atoms with van der Waals surface area (Å²) in [5, 5.41) is 11.9. The number of aliphatic imine (C=N–C) groups is 1. The molecular formula is C18H27ClIN5S. The van der Waals surface area contributed by atoms with Crippen LogP contribution in [0.2, 0.25) is 5.02 Å². The van der Waals surface area contributed by atoms with Gasteiger partial charge >= 0.3 is 0 Å². The molecule has 0 amide bonds. The standard InChI is InChI=1S/C18H26ClN5S.HI/c1-5-20-18(22-12-17-13(2)23-24(4)14(17)3)21-10-11-25-16-8-6-15(19)7-9-16;/h6-9H,5,10-12H2,1-4H3,(H2,20,21,22);1H. The number of halogens is 2. The minimum atomic E-state index is 0. The second kappa shape index (κ2) is 11.7. The van der Waals surface area contributed by atoms with Gasteiger partial charge in [-0.2, -0.15) is 5.10 Å². The van der Waals surface area contributed by atoms with Crippen LogP contribution in [0, 0.1) is 13.8 Å². The van der Waals surface area contributed by atoms with Gasteiger partial charge in [0.15, 0.2) is 5.96 Å². The molecule has 1 heterocycles. The van der Waals surface area contributed by atoms with E-state index in [-0.39, 0.29) is 24.0 Å². The van der Waals surface area contributed by atoms with Crippen LogP contribution in [-0.2, 0) is 13.6 Å². The highest BCUT2D eigenvalue weighted by Crippen LogP contribution is 2.19. The molecular weight excluding hydrogens is 481 g/mol. The summed E-state index contributed by atoms with van der Waals surface area (Å²) in [6.45, 7) is 8.48.